The number of aryl methyl sites for hydroxylation is 2. The zero-order chi connectivity index (χ0) is 22.1. The minimum Gasteiger partial charge on any atom is -0.483 e. The van der Waals surface area contributed by atoms with Crippen LogP contribution in [0.3, 0.4) is 0 Å². The van der Waals surface area contributed by atoms with E-state index in [1.165, 1.54) is 0 Å². The summed E-state index contributed by atoms with van der Waals surface area (Å²) in [6.07, 6.45) is 1.32. The largest absolute Gasteiger partial charge is 0.483 e. The zero-order valence-corrected chi connectivity index (χ0v) is 19.0. The smallest absolute Gasteiger partial charge is 0.261 e. The first-order valence-corrected chi connectivity index (χ1v) is 10.8. The van der Waals surface area contributed by atoms with Gasteiger partial charge in [-0.05, 0) is 55.5 Å². The average molecular weight is 431 g/mol. The van der Waals surface area contributed by atoms with Crippen molar-refractivity contribution in [3.63, 3.8) is 0 Å². The van der Waals surface area contributed by atoms with Gasteiger partial charge < -0.3 is 15.0 Å². The molecule has 0 aliphatic heterocycles. The number of nitrogens with zero attached hydrogens (tertiary/aromatic N) is 1. The van der Waals surface area contributed by atoms with Gasteiger partial charge in [-0.3, -0.25) is 9.59 Å². The van der Waals surface area contributed by atoms with Gasteiger partial charge in [0.1, 0.15) is 11.8 Å². The first-order chi connectivity index (χ1) is 14.4. The van der Waals surface area contributed by atoms with Gasteiger partial charge in [0, 0.05) is 18.1 Å². The quantitative estimate of drug-likeness (QED) is 0.595. The molecular formula is C24H31ClN2O3. The molecule has 2 rings (SSSR count). The van der Waals surface area contributed by atoms with Crippen LogP contribution in [0.5, 0.6) is 5.75 Å². The van der Waals surface area contributed by atoms with E-state index < -0.39 is 6.04 Å². The number of rotatable bonds is 10. The second-order valence-electron chi connectivity index (χ2n) is 7.39. The Bertz CT molecular complexity index is 869. The molecule has 0 radical (unpaired) electrons. The van der Waals surface area contributed by atoms with Crippen molar-refractivity contribution in [2.24, 2.45) is 0 Å². The van der Waals surface area contributed by atoms with Crippen molar-refractivity contribution in [3.05, 3.63) is 64.2 Å². The molecule has 0 aromatic heterocycles. The van der Waals surface area contributed by atoms with E-state index in [1.54, 1.807) is 11.0 Å². The normalized spacial score (nSPS) is 11.6. The lowest BCUT2D eigenvalue weighted by molar-refractivity contribution is -0.143. The van der Waals surface area contributed by atoms with E-state index in [0.29, 0.717) is 23.7 Å². The fraction of sp³-hybridized carbons (Fsp3) is 0.417. The van der Waals surface area contributed by atoms with Crippen LogP contribution in [-0.4, -0.2) is 35.9 Å². The molecule has 2 aromatic rings. The maximum atomic E-state index is 13.2. The number of halogens is 1. The summed E-state index contributed by atoms with van der Waals surface area (Å²) in [7, 11) is 0. The Labute approximate surface area is 184 Å². The molecule has 2 aromatic carbocycles. The molecule has 1 N–H and O–H groups in total. The predicted molar refractivity (Wildman–Crippen MR) is 121 cm³/mol. The van der Waals surface area contributed by atoms with E-state index >= 15 is 0 Å². The van der Waals surface area contributed by atoms with E-state index in [0.717, 1.165) is 23.1 Å². The van der Waals surface area contributed by atoms with Crippen molar-refractivity contribution in [1.29, 1.82) is 0 Å². The zero-order valence-electron chi connectivity index (χ0n) is 18.2. The molecule has 0 spiro atoms. The van der Waals surface area contributed by atoms with Crippen molar-refractivity contribution in [2.75, 3.05) is 13.2 Å². The van der Waals surface area contributed by atoms with Gasteiger partial charge in [0.15, 0.2) is 6.61 Å². The van der Waals surface area contributed by atoms with E-state index in [-0.39, 0.29) is 25.0 Å². The molecule has 0 unspecified atom stereocenters. The Hall–Kier alpha value is -2.53. The number of carbonyl (C=O) groups excluding carboxylic acids is 2. The highest BCUT2D eigenvalue weighted by Crippen LogP contribution is 2.22. The highest BCUT2D eigenvalue weighted by atomic mass is 35.5. The van der Waals surface area contributed by atoms with Crippen LogP contribution in [0.4, 0.5) is 0 Å². The van der Waals surface area contributed by atoms with Crippen LogP contribution in [0.25, 0.3) is 0 Å². The molecule has 0 heterocycles. The summed E-state index contributed by atoms with van der Waals surface area (Å²) in [5.41, 5.74) is 2.81. The van der Waals surface area contributed by atoms with Gasteiger partial charge in [0.2, 0.25) is 5.91 Å². The minimum atomic E-state index is -0.595. The molecule has 0 aliphatic carbocycles. The molecule has 2 amide bonds. The number of hydrogen-bond donors (Lipinski definition) is 1. The monoisotopic (exact) mass is 430 g/mol. The molecule has 0 saturated carbocycles. The standard InChI is InChI=1S/C24H31ClN2O3/c1-5-13-26-24(29)21(6-2)27(15-19-9-7-8-10-20(19)25)23(28)16-30-22-14-17(3)11-12-18(22)4/h7-12,14,21H,5-6,13,15-16H2,1-4H3,(H,26,29)/t21-/m1/s1. The molecule has 6 heteroatoms. The summed E-state index contributed by atoms with van der Waals surface area (Å²) < 4.78 is 5.83. The van der Waals surface area contributed by atoms with Crippen LogP contribution in [0.2, 0.25) is 5.02 Å². The second-order valence-corrected chi connectivity index (χ2v) is 7.79. The van der Waals surface area contributed by atoms with Crippen LogP contribution in [0.1, 0.15) is 43.4 Å². The van der Waals surface area contributed by atoms with Gasteiger partial charge in [-0.15, -0.1) is 0 Å². The second kappa shape index (κ2) is 11.6. The Morgan fingerprint density at radius 2 is 1.87 bits per heavy atom. The predicted octanol–water partition coefficient (Wildman–Crippen LogP) is 4.67. The molecule has 5 nitrogen and oxygen atoms in total. The van der Waals surface area contributed by atoms with Crippen LogP contribution in [0.15, 0.2) is 42.5 Å². The van der Waals surface area contributed by atoms with Gasteiger partial charge in [-0.2, -0.15) is 0 Å². The lowest BCUT2D eigenvalue weighted by Crippen LogP contribution is -2.50. The van der Waals surface area contributed by atoms with Crippen molar-refractivity contribution >= 4 is 23.4 Å². The minimum absolute atomic E-state index is 0.147. The maximum absolute atomic E-state index is 13.2. The summed E-state index contributed by atoms with van der Waals surface area (Å²) in [6.45, 7) is 8.47. The topological polar surface area (TPSA) is 58.6 Å². The molecular weight excluding hydrogens is 400 g/mol. The van der Waals surface area contributed by atoms with Gasteiger partial charge in [-0.25, -0.2) is 0 Å². The number of ether oxygens (including phenoxy) is 1. The number of amides is 2. The summed E-state index contributed by atoms with van der Waals surface area (Å²) in [6, 6.07) is 12.6. The van der Waals surface area contributed by atoms with E-state index in [1.807, 2.05) is 64.1 Å². The third-order valence-electron chi connectivity index (χ3n) is 4.93. The molecule has 30 heavy (non-hydrogen) atoms. The van der Waals surface area contributed by atoms with Crippen LogP contribution in [-0.2, 0) is 16.1 Å². The van der Waals surface area contributed by atoms with Crippen LogP contribution in [0, 0.1) is 13.8 Å². The van der Waals surface area contributed by atoms with Crippen LogP contribution >= 0.6 is 11.6 Å². The Morgan fingerprint density at radius 1 is 1.13 bits per heavy atom. The average Bonchev–Trinajstić information content (AvgIpc) is 2.73. The number of benzene rings is 2. The fourth-order valence-electron chi connectivity index (χ4n) is 3.18. The lowest BCUT2D eigenvalue weighted by Gasteiger charge is -2.31. The molecule has 0 aliphatic rings. The first kappa shape index (κ1) is 23.7. The summed E-state index contributed by atoms with van der Waals surface area (Å²) in [5.74, 6) is 0.255. The van der Waals surface area contributed by atoms with Gasteiger partial charge >= 0.3 is 0 Å². The Balaban J connectivity index is 2.24. The van der Waals surface area contributed by atoms with E-state index in [9.17, 15) is 9.59 Å². The van der Waals surface area contributed by atoms with Crippen molar-refractivity contribution in [1.82, 2.24) is 10.2 Å². The number of hydrogen-bond acceptors (Lipinski definition) is 3. The Morgan fingerprint density at radius 3 is 2.53 bits per heavy atom. The SMILES string of the molecule is CCCNC(=O)[C@@H](CC)N(Cc1ccccc1Cl)C(=O)COc1cc(C)ccc1C. The number of nitrogens with one attached hydrogen (secondary N) is 1. The number of carbonyl (C=O) groups is 2. The van der Waals surface area contributed by atoms with Crippen molar-refractivity contribution < 1.29 is 14.3 Å². The highest BCUT2D eigenvalue weighted by molar-refractivity contribution is 6.31. The summed E-state index contributed by atoms with van der Waals surface area (Å²) >= 11 is 6.33. The molecule has 162 valence electrons. The van der Waals surface area contributed by atoms with Gasteiger partial charge in [-0.1, -0.05) is 55.8 Å². The molecule has 0 saturated heterocycles. The molecule has 0 fully saturated rings. The fourth-order valence-corrected chi connectivity index (χ4v) is 3.38. The summed E-state index contributed by atoms with van der Waals surface area (Å²) in [5, 5.41) is 3.47. The third kappa shape index (κ3) is 6.49. The van der Waals surface area contributed by atoms with Gasteiger partial charge in [0.25, 0.3) is 5.91 Å². The summed E-state index contributed by atoms with van der Waals surface area (Å²) in [4.78, 5) is 27.5. The van der Waals surface area contributed by atoms with Crippen molar-refractivity contribution in [2.45, 2.75) is 53.1 Å². The lowest BCUT2D eigenvalue weighted by atomic mass is 10.1. The first-order valence-electron chi connectivity index (χ1n) is 10.4. The maximum Gasteiger partial charge on any atom is 0.261 e. The third-order valence-corrected chi connectivity index (χ3v) is 5.30. The highest BCUT2D eigenvalue weighted by Gasteiger charge is 2.29. The van der Waals surface area contributed by atoms with E-state index in [2.05, 4.69) is 5.32 Å². The Kier molecular flexibility index (Phi) is 9.18. The van der Waals surface area contributed by atoms with Crippen molar-refractivity contribution in [3.8, 4) is 5.75 Å². The molecule has 1 atom stereocenters. The van der Waals surface area contributed by atoms with E-state index in [4.69, 9.17) is 16.3 Å². The van der Waals surface area contributed by atoms with Crippen LogP contribution < -0.4 is 10.1 Å². The molecule has 0 bridgehead atoms. The van der Waals surface area contributed by atoms with Gasteiger partial charge in [0.05, 0.1) is 0 Å².